The lowest BCUT2D eigenvalue weighted by Crippen LogP contribution is -2.35. The monoisotopic (exact) mass is 290 g/mol. The van der Waals surface area contributed by atoms with Crippen molar-refractivity contribution < 1.29 is 5.02 Å². The molecule has 1 aromatic heterocycles. The number of nitrogens with zero attached hydrogens (tertiary/aromatic N) is 4. The van der Waals surface area contributed by atoms with Gasteiger partial charge in [0.05, 0.1) is 0 Å². The molecule has 0 aliphatic rings. The molecular weight excluding hydrogens is 279 g/mol. The first-order valence-corrected chi connectivity index (χ1v) is 6.65. The van der Waals surface area contributed by atoms with Gasteiger partial charge >= 0.3 is 7.05 Å². The quantitative estimate of drug-likeness (QED) is 0.583. The Kier molecular flexibility index (Phi) is 3.98. The van der Waals surface area contributed by atoms with Gasteiger partial charge in [0.15, 0.2) is 17.4 Å². The zero-order valence-corrected chi connectivity index (χ0v) is 11.5. The first-order chi connectivity index (χ1) is 10.8. The minimum atomic E-state index is -1.62. The number of hydrogen-bond donors (Lipinski definition) is 1. The summed E-state index contributed by atoms with van der Waals surface area (Å²) >= 11 is 0. The zero-order chi connectivity index (χ0) is 15.4. The summed E-state index contributed by atoms with van der Waals surface area (Å²) in [6, 6.07) is 18.6. The van der Waals surface area contributed by atoms with Gasteiger partial charge in [0.2, 0.25) is 0 Å². The Balaban J connectivity index is 2.16. The van der Waals surface area contributed by atoms with E-state index in [1.54, 1.807) is 0 Å². The van der Waals surface area contributed by atoms with E-state index in [9.17, 15) is 9.93 Å². The fourth-order valence-electron chi connectivity index (χ4n) is 1.99. The van der Waals surface area contributed by atoms with E-state index < -0.39 is 7.05 Å². The van der Waals surface area contributed by atoms with Crippen LogP contribution in [0.5, 0.6) is 0 Å². The van der Waals surface area contributed by atoms with Crippen molar-refractivity contribution in [2.75, 3.05) is 0 Å². The first kappa shape index (κ1) is 14.0. The van der Waals surface area contributed by atoms with Crippen molar-refractivity contribution in [2.24, 2.45) is 5.09 Å². The molecule has 7 heteroatoms. The van der Waals surface area contributed by atoms with Crippen LogP contribution < -0.4 is 5.72 Å². The standard InChI is InChI=1S/C15H11BN4O2/c21-16(20-22)15-18-13(11-7-3-1-4-8-11)17-14(19-15)12-9-5-2-6-10-12/h1-10,21H. The highest BCUT2D eigenvalue weighted by molar-refractivity contribution is 6.62. The lowest BCUT2D eigenvalue weighted by molar-refractivity contribution is 0.584. The molecule has 0 atom stereocenters. The maximum atomic E-state index is 10.6. The van der Waals surface area contributed by atoms with Gasteiger partial charge in [0.25, 0.3) is 0 Å². The summed E-state index contributed by atoms with van der Waals surface area (Å²) in [7, 11) is -1.62. The van der Waals surface area contributed by atoms with E-state index in [2.05, 4.69) is 20.0 Å². The van der Waals surface area contributed by atoms with E-state index in [0.29, 0.717) is 11.6 Å². The molecule has 3 aromatic rings. The maximum Gasteiger partial charge on any atom is 0.555 e. The number of benzene rings is 2. The van der Waals surface area contributed by atoms with Crippen LogP contribution in [0, 0.1) is 4.91 Å². The third-order valence-corrected chi connectivity index (χ3v) is 3.05. The molecule has 0 saturated carbocycles. The third kappa shape index (κ3) is 2.89. The Morgan fingerprint density at radius 2 is 1.23 bits per heavy atom. The van der Waals surface area contributed by atoms with Crippen LogP contribution in [0.2, 0.25) is 0 Å². The second-order valence-electron chi connectivity index (χ2n) is 4.55. The highest BCUT2D eigenvalue weighted by Crippen LogP contribution is 2.18. The fraction of sp³-hybridized carbons (Fsp3) is 0. The summed E-state index contributed by atoms with van der Waals surface area (Å²) in [6.45, 7) is 0. The normalized spacial score (nSPS) is 10.2. The molecule has 106 valence electrons. The largest absolute Gasteiger partial charge is 0.555 e. The molecule has 6 nitrogen and oxygen atoms in total. The molecule has 0 fully saturated rings. The fourth-order valence-corrected chi connectivity index (χ4v) is 1.99. The Morgan fingerprint density at radius 1 is 0.773 bits per heavy atom. The summed E-state index contributed by atoms with van der Waals surface area (Å²) < 4.78 is 0. The minimum Gasteiger partial charge on any atom is -0.423 e. The predicted molar refractivity (Wildman–Crippen MR) is 84.1 cm³/mol. The summed E-state index contributed by atoms with van der Waals surface area (Å²) in [5.74, 6) is 0.763. The van der Waals surface area contributed by atoms with Crippen LogP contribution in [0.15, 0.2) is 65.8 Å². The van der Waals surface area contributed by atoms with Crippen LogP contribution in [0.3, 0.4) is 0 Å². The Morgan fingerprint density at radius 3 is 1.64 bits per heavy atom. The van der Waals surface area contributed by atoms with Crippen molar-refractivity contribution in [1.82, 2.24) is 15.0 Å². The second kappa shape index (κ2) is 6.23. The van der Waals surface area contributed by atoms with E-state index in [-0.39, 0.29) is 5.72 Å². The van der Waals surface area contributed by atoms with Crippen LogP contribution in [0.25, 0.3) is 22.8 Å². The molecule has 0 spiro atoms. The molecule has 1 heterocycles. The number of nitroso groups, excluding NO2 is 1. The van der Waals surface area contributed by atoms with Gasteiger partial charge in [-0.3, -0.25) is 0 Å². The van der Waals surface area contributed by atoms with E-state index >= 15 is 0 Å². The maximum absolute atomic E-state index is 10.6. The van der Waals surface area contributed by atoms with Gasteiger partial charge in [-0.15, -0.1) is 0 Å². The molecule has 0 bridgehead atoms. The lowest BCUT2D eigenvalue weighted by atomic mass is 9.85. The summed E-state index contributed by atoms with van der Waals surface area (Å²) in [5, 5.41) is 12.2. The van der Waals surface area contributed by atoms with E-state index in [1.165, 1.54) is 0 Å². The van der Waals surface area contributed by atoms with Crippen molar-refractivity contribution >= 4 is 12.8 Å². The lowest BCUT2D eigenvalue weighted by Gasteiger charge is -2.06. The summed E-state index contributed by atoms with van der Waals surface area (Å²) in [5.41, 5.74) is 1.46. The van der Waals surface area contributed by atoms with Crippen LogP contribution in [0.1, 0.15) is 0 Å². The van der Waals surface area contributed by atoms with Gasteiger partial charge in [-0.2, -0.15) is 4.91 Å². The van der Waals surface area contributed by atoms with Crippen molar-refractivity contribution in [3.8, 4) is 22.8 Å². The van der Waals surface area contributed by atoms with E-state index in [4.69, 9.17) is 0 Å². The van der Waals surface area contributed by atoms with Gasteiger partial charge in [-0.05, 0) is 0 Å². The number of hydrogen-bond acceptors (Lipinski definition) is 6. The van der Waals surface area contributed by atoms with Crippen LogP contribution in [0.4, 0.5) is 0 Å². The van der Waals surface area contributed by atoms with Gasteiger partial charge < -0.3 is 5.02 Å². The van der Waals surface area contributed by atoms with E-state index in [1.807, 2.05) is 60.7 Å². The topological polar surface area (TPSA) is 88.3 Å². The molecule has 0 aliphatic heterocycles. The predicted octanol–water partition coefficient (Wildman–Crippen LogP) is 1.66. The molecule has 0 saturated heterocycles. The Hall–Kier alpha value is -2.93. The Bertz CT molecular complexity index is 726. The molecule has 0 aliphatic carbocycles. The zero-order valence-electron chi connectivity index (χ0n) is 11.5. The molecule has 0 amide bonds. The van der Waals surface area contributed by atoms with Crippen LogP contribution in [-0.4, -0.2) is 27.0 Å². The molecular formula is C15H11BN4O2. The van der Waals surface area contributed by atoms with Gasteiger partial charge in [0, 0.05) is 11.1 Å². The van der Waals surface area contributed by atoms with Gasteiger partial charge in [-0.25, -0.2) is 15.0 Å². The highest BCUT2D eigenvalue weighted by atomic mass is 16.3. The highest BCUT2D eigenvalue weighted by Gasteiger charge is 2.23. The average Bonchev–Trinajstić information content (AvgIpc) is 2.62. The molecule has 22 heavy (non-hydrogen) atoms. The smallest absolute Gasteiger partial charge is 0.423 e. The second-order valence-corrected chi connectivity index (χ2v) is 4.55. The van der Waals surface area contributed by atoms with Gasteiger partial charge in [0.1, 0.15) is 0 Å². The Labute approximate surface area is 127 Å². The van der Waals surface area contributed by atoms with Crippen molar-refractivity contribution in [3.63, 3.8) is 0 Å². The number of aromatic nitrogens is 3. The molecule has 0 unspecified atom stereocenters. The van der Waals surface area contributed by atoms with Crippen molar-refractivity contribution in [2.45, 2.75) is 0 Å². The number of rotatable bonds is 4. The molecule has 3 rings (SSSR count). The average molecular weight is 290 g/mol. The summed E-state index contributed by atoms with van der Waals surface area (Å²) in [4.78, 5) is 23.3. The SMILES string of the molecule is O=NB(O)c1nc(-c2ccccc2)nc(-c2ccccc2)n1. The van der Waals surface area contributed by atoms with Gasteiger partial charge in [-0.1, -0.05) is 65.8 Å². The van der Waals surface area contributed by atoms with Crippen LogP contribution >= 0.6 is 0 Å². The molecule has 2 aromatic carbocycles. The van der Waals surface area contributed by atoms with Crippen LogP contribution in [-0.2, 0) is 0 Å². The minimum absolute atomic E-state index is 0.0669. The van der Waals surface area contributed by atoms with E-state index in [0.717, 1.165) is 11.1 Å². The van der Waals surface area contributed by atoms with Crippen molar-refractivity contribution in [1.29, 1.82) is 0 Å². The van der Waals surface area contributed by atoms with Crippen molar-refractivity contribution in [3.05, 3.63) is 65.6 Å². The third-order valence-electron chi connectivity index (χ3n) is 3.05. The molecule has 0 radical (unpaired) electrons. The first-order valence-electron chi connectivity index (χ1n) is 6.65. The summed E-state index contributed by atoms with van der Waals surface area (Å²) in [6.07, 6.45) is 0. The molecule has 1 N–H and O–H groups in total.